The zero-order chi connectivity index (χ0) is 21.0. The van der Waals surface area contributed by atoms with Crippen LogP contribution in [0.4, 0.5) is 18.9 Å². The third kappa shape index (κ3) is 4.80. The summed E-state index contributed by atoms with van der Waals surface area (Å²) in [5, 5.41) is 13.6. The number of rotatable bonds is 6. The average Bonchev–Trinajstić information content (AvgIpc) is 3.15. The minimum Gasteiger partial charge on any atom is -0.494 e. The Balaban J connectivity index is 1.75. The Morgan fingerprint density at radius 1 is 1.24 bits per heavy atom. The number of benzene rings is 2. The molecule has 0 bridgehead atoms. The molecule has 0 aliphatic heterocycles. The first-order valence-electron chi connectivity index (χ1n) is 8.01. The number of alkyl halides is 3. The van der Waals surface area contributed by atoms with E-state index in [1.165, 1.54) is 17.9 Å². The number of amides is 1. The van der Waals surface area contributed by atoms with Crippen LogP contribution in [0, 0.1) is 0 Å². The molecular formula is C17H13ClF3N5O2S. The Bertz CT molecular complexity index is 1030. The van der Waals surface area contributed by atoms with E-state index in [9.17, 15) is 18.0 Å². The van der Waals surface area contributed by atoms with Gasteiger partial charge in [-0.1, -0.05) is 41.6 Å². The minimum absolute atomic E-state index is 0.211. The first-order valence-corrected chi connectivity index (χ1v) is 9.37. The van der Waals surface area contributed by atoms with E-state index in [-0.39, 0.29) is 15.9 Å². The molecule has 0 fully saturated rings. The highest BCUT2D eigenvalue weighted by molar-refractivity contribution is 7.99. The van der Waals surface area contributed by atoms with E-state index in [2.05, 4.69) is 20.8 Å². The van der Waals surface area contributed by atoms with Gasteiger partial charge >= 0.3 is 6.18 Å². The molecule has 0 aliphatic rings. The van der Waals surface area contributed by atoms with Crippen molar-refractivity contribution in [2.24, 2.45) is 0 Å². The summed E-state index contributed by atoms with van der Waals surface area (Å²) in [4.78, 5) is 12.2. The molecule has 0 radical (unpaired) electrons. The van der Waals surface area contributed by atoms with Crippen LogP contribution >= 0.6 is 23.4 Å². The van der Waals surface area contributed by atoms with Crippen LogP contribution in [0.15, 0.2) is 47.6 Å². The molecule has 7 nitrogen and oxygen atoms in total. The lowest BCUT2D eigenvalue weighted by atomic mass is 10.1. The monoisotopic (exact) mass is 443 g/mol. The first-order chi connectivity index (χ1) is 13.8. The summed E-state index contributed by atoms with van der Waals surface area (Å²) < 4.78 is 46.1. The van der Waals surface area contributed by atoms with E-state index in [0.717, 1.165) is 23.9 Å². The number of carbonyl (C=O) groups excluding carboxylic acids is 1. The van der Waals surface area contributed by atoms with Crippen molar-refractivity contribution in [2.75, 3.05) is 18.2 Å². The number of hydrogen-bond acceptors (Lipinski definition) is 6. The van der Waals surface area contributed by atoms with Crippen molar-refractivity contribution in [3.8, 4) is 11.4 Å². The second kappa shape index (κ2) is 8.70. The van der Waals surface area contributed by atoms with Gasteiger partial charge in [-0.05, 0) is 34.7 Å². The second-order valence-corrected chi connectivity index (χ2v) is 6.89. The van der Waals surface area contributed by atoms with Gasteiger partial charge in [-0.3, -0.25) is 4.79 Å². The zero-order valence-electron chi connectivity index (χ0n) is 14.8. The van der Waals surface area contributed by atoms with Crippen molar-refractivity contribution >= 4 is 35.0 Å². The van der Waals surface area contributed by atoms with Gasteiger partial charge in [-0.25, -0.2) is 0 Å². The molecule has 0 saturated carbocycles. The molecule has 3 rings (SSSR count). The highest BCUT2D eigenvalue weighted by Gasteiger charge is 2.34. The van der Waals surface area contributed by atoms with Crippen LogP contribution < -0.4 is 10.1 Å². The van der Waals surface area contributed by atoms with Gasteiger partial charge in [0.05, 0.1) is 29.1 Å². The fourth-order valence-electron chi connectivity index (χ4n) is 2.42. The summed E-state index contributed by atoms with van der Waals surface area (Å²) in [6.07, 6.45) is -4.66. The van der Waals surface area contributed by atoms with Gasteiger partial charge in [0, 0.05) is 0 Å². The number of methoxy groups -OCH3 is 1. The molecule has 1 heterocycles. The quantitative estimate of drug-likeness (QED) is 0.578. The third-order valence-electron chi connectivity index (χ3n) is 3.67. The van der Waals surface area contributed by atoms with Crippen molar-refractivity contribution in [3.05, 3.63) is 53.1 Å². The number of carbonyl (C=O) groups is 1. The molecule has 29 heavy (non-hydrogen) atoms. The lowest BCUT2D eigenvalue weighted by molar-refractivity contribution is -0.137. The standard InChI is InChI=1S/C17H13ClF3N5O2S/c1-28-13-8-3-2-7-12(13)26-16(23-24-25-26)29-9-14(27)22-15-10(17(19,20)21)5-4-6-11(15)18/h2-8H,9H2,1H3,(H,22,27). The summed E-state index contributed by atoms with van der Waals surface area (Å²) in [6.45, 7) is 0. The van der Waals surface area contributed by atoms with Crippen LogP contribution in [-0.2, 0) is 11.0 Å². The molecule has 1 aromatic heterocycles. The highest BCUT2D eigenvalue weighted by Crippen LogP contribution is 2.38. The van der Waals surface area contributed by atoms with Crippen molar-refractivity contribution in [3.63, 3.8) is 0 Å². The van der Waals surface area contributed by atoms with E-state index in [1.807, 2.05) is 0 Å². The SMILES string of the molecule is COc1ccccc1-n1nnnc1SCC(=O)Nc1c(Cl)cccc1C(F)(F)F. The Morgan fingerprint density at radius 2 is 2.00 bits per heavy atom. The molecule has 12 heteroatoms. The maximum Gasteiger partial charge on any atom is 0.418 e. The smallest absolute Gasteiger partial charge is 0.418 e. The van der Waals surface area contributed by atoms with Gasteiger partial charge in [0.25, 0.3) is 0 Å². The van der Waals surface area contributed by atoms with Gasteiger partial charge in [-0.2, -0.15) is 17.9 Å². The Morgan fingerprint density at radius 3 is 2.72 bits per heavy atom. The summed E-state index contributed by atoms with van der Waals surface area (Å²) in [7, 11) is 1.49. The number of nitrogens with one attached hydrogen (secondary N) is 1. The van der Waals surface area contributed by atoms with Crippen molar-refractivity contribution < 1.29 is 22.7 Å². The lowest BCUT2D eigenvalue weighted by Gasteiger charge is -2.15. The normalized spacial score (nSPS) is 11.3. The van der Waals surface area contributed by atoms with Crippen LogP contribution in [0.1, 0.15) is 5.56 Å². The van der Waals surface area contributed by atoms with Gasteiger partial charge in [-0.15, -0.1) is 5.10 Å². The van der Waals surface area contributed by atoms with Gasteiger partial charge in [0.15, 0.2) is 0 Å². The first kappa shape index (κ1) is 20.9. The maximum atomic E-state index is 13.1. The second-order valence-electron chi connectivity index (χ2n) is 5.54. The number of thioether (sulfide) groups is 1. The molecule has 2 aromatic carbocycles. The third-order valence-corrected chi connectivity index (χ3v) is 4.90. The van der Waals surface area contributed by atoms with Crippen LogP contribution in [0.5, 0.6) is 5.75 Å². The number of aromatic nitrogens is 4. The molecule has 0 aliphatic carbocycles. The van der Waals surface area contributed by atoms with E-state index >= 15 is 0 Å². The molecule has 1 amide bonds. The number of halogens is 4. The summed E-state index contributed by atoms with van der Waals surface area (Å²) in [5.41, 5.74) is -0.966. The minimum atomic E-state index is -4.66. The molecule has 0 unspecified atom stereocenters. The van der Waals surface area contributed by atoms with E-state index in [0.29, 0.717) is 11.4 Å². The maximum absolute atomic E-state index is 13.1. The van der Waals surface area contributed by atoms with Crippen molar-refractivity contribution in [2.45, 2.75) is 11.3 Å². The Labute approximate surface area is 172 Å². The fourth-order valence-corrected chi connectivity index (χ4v) is 3.32. The largest absolute Gasteiger partial charge is 0.494 e. The predicted octanol–water partition coefficient (Wildman–Crippen LogP) is 4.07. The number of para-hydroxylation sites is 3. The van der Waals surface area contributed by atoms with Crippen molar-refractivity contribution in [1.29, 1.82) is 0 Å². The van der Waals surface area contributed by atoms with Crippen molar-refractivity contribution in [1.82, 2.24) is 20.2 Å². The van der Waals surface area contributed by atoms with Gasteiger partial charge in [0.1, 0.15) is 11.4 Å². The average molecular weight is 444 g/mol. The Kier molecular flexibility index (Phi) is 6.28. The van der Waals surface area contributed by atoms with E-state index < -0.39 is 23.3 Å². The Hall–Kier alpha value is -2.79. The fraction of sp³-hybridized carbons (Fsp3) is 0.176. The molecule has 1 N–H and O–H groups in total. The van der Waals surface area contributed by atoms with Crippen LogP contribution in [0.2, 0.25) is 5.02 Å². The van der Waals surface area contributed by atoms with Gasteiger partial charge < -0.3 is 10.1 Å². The molecule has 0 saturated heterocycles. The number of nitrogens with zero attached hydrogens (tertiary/aromatic N) is 4. The summed E-state index contributed by atoms with van der Waals surface area (Å²) in [6, 6.07) is 10.2. The predicted molar refractivity (Wildman–Crippen MR) is 102 cm³/mol. The zero-order valence-corrected chi connectivity index (χ0v) is 16.3. The van der Waals surface area contributed by atoms with Gasteiger partial charge in [0.2, 0.25) is 11.1 Å². The summed E-state index contributed by atoms with van der Waals surface area (Å²) >= 11 is 6.80. The molecular weight excluding hydrogens is 431 g/mol. The lowest BCUT2D eigenvalue weighted by Crippen LogP contribution is -2.19. The van der Waals surface area contributed by atoms with Crippen LogP contribution in [0.25, 0.3) is 5.69 Å². The van der Waals surface area contributed by atoms with E-state index in [1.54, 1.807) is 24.3 Å². The summed E-state index contributed by atoms with van der Waals surface area (Å²) in [5.74, 6) is -0.418. The molecule has 0 spiro atoms. The number of hydrogen-bond donors (Lipinski definition) is 1. The van der Waals surface area contributed by atoms with Crippen LogP contribution in [-0.4, -0.2) is 39.0 Å². The molecule has 152 valence electrons. The molecule has 3 aromatic rings. The topological polar surface area (TPSA) is 81.9 Å². The van der Waals surface area contributed by atoms with E-state index in [4.69, 9.17) is 16.3 Å². The van der Waals surface area contributed by atoms with Crippen LogP contribution in [0.3, 0.4) is 0 Å². The number of ether oxygens (including phenoxy) is 1. The highest BCUT2D eigenvalue weighted by atomic mass is 35.5. The molecule has 0 atom stereocenters. The number of tetrazole rings is 1. The number of anilines is 1.